The molecule has 160 valence electrons. The SMILES string of the molecule is NC(=O)c1ccc(-c2ccc(NC(=O)C3=C(O)C(Cc4ccccc4)NC3=O)cc2)cc1. The molecule has 0 aromatic heterocycles. The van der Waals surface area contributed by atoms with Gasteiger partial charge in [-0.05, 0) is 47.4 Å². The number of nitrogens with two attached hydrogens (primary N) is 1. The van der Waals surface area contributed by atoms with E-state index in [1.165, 1.54) is 0 Å². The van der Waals surface area contributed by atoms with E-state index >= 15 is 0 Å². The van der Waals surface area contributed by atoms with Crippen molar-refractivity contribution in [1.82, 2.24) is 5.32 Å². The van der Waals surface area contributed by atoms with Crippen LogP contribution in [0.4, 0.5) is 5.69 Å². The molecule has 7 nitrogen and oxygen atoms in total. The topological polar surface area (TPSA) is 122 Å². The summed E-state index contributed by atoms with van der Waals surface area (Å²) in [7, 11) is 0. The smallest absolute Gasteiger partial charge is 0.264 e. The van der Waals surface area contributed by atoms with Gasteiger partial charge in [-0.1, -0.05) is 54.6 Å². The molecule has 1 heterocycles. The molecule has 1 aliphatic rings. The van der Waals surface area contributed by atoms with Gasteiger partial charge in [0.15, 0.2) is 0 Å². The number of benzene rings is 3. The van der Waals surface area contributed by atoms with Crippen molar-refractivity contribution in [2.75, 3.05) is 5.32 Å². The lowest BCUT2D eigenvalue weighted by Gasteiger charge is -2.10. The highest BCUT2D eigenvalue weighted by Crippen LogP contribution is 2.24. The molecule has 1 atom stereocenters. The summed E-state index contributed by atoms with van der Waals surface area (Å²) < 4.78 is 0. The first-order valence-electron chi connectivity index (χ1n) is 10.0. The van der Waals surface area contributed by atoms with Gasteiger partial charge >= 0.3 is 0 Å². The molecule has 5 N–H and O–H groups in total. The predicted octanol–water partition coefficient (Wildman–Crippen LogP) is 2.94. The molecule has 1 unspecified atom stereocenters. The van der Waals surface area contributed by atoms with Gasteiger partial charge in [-0.15, -0.1) is 0 Å². The van der Waals surface area contributed by atoms with Gasteiger partial charge < -0.3 is 21.5 Å². The zero-order valence-electron chi connectivity index (χ0n) is 17.0. The number of amides is 3. The van der Waals surface area contributed by atoms with Crippen molar-refractivity contribution >= 4 is 23.4 Å². The Kier molecular flexibility index (Phi) is 5.72. The summed E-state index contributed by atoms with van der Waals surface area (Å²) in [4.78, 5) is 36.2. The maximum atomic E-state index is 12.7. The first-order valence-corrected chi connectivity index (χ1v) is 10.0. The molecular weight excluding hydrogens is 406 g/mol. The minimum Gasteiger partial charge on any atom is -0.509 e. The molecule has 3 amide bonds. The number of aliphatic hydroxyl groups excluding tert-OH is 1. The molecule has 0 radical (unpaired) electrons. The minimum absolute atomic E-state index is 0.262. The predicted molar refractivity (Wildman–Crippen MR) is 121 cm³/mol. The van der Waals surface area contributed by atoms with E-state index in [0.717, 1.165) is 16.7 Å². The van der Waals surface area contributed by atoms with Crippen molar-refractivity contribution in [3.8, 4) is 11.1 Å². The number of carbonyl (C=O) groups excluding carboxylic acids is 3. The number of anilines is 1. The first kappa shape index (κ1) is 20.9. The quantitative estimate of drug-likeness (QED) is 0.452. The van der Waals surface area contributed by atoms with Crippen molar-refractivity contribution in [2.45, 2.75) is 12.5 Å². The second kappa shape index (κ2) is 8.77. The summed E-state index contributed by atoms with van der Waals surface area (Å²) >= 11 is 0. The number of hydrogen-bond donors (Lipinski definition) is 4. The van der Waals surface area contributed by atoms with Crippen LogP contribution in [-0.2, 0) is 16.0 Å². The van der Waals surface area contributed by atoms with Crippen LogP contribution in [0.5, 0.6) is 0 Å². The Morgan fingerprint density at radius 2 is 1.50 bits per heavy atom. The molecule has 0 saturated heterocycles. The number of carbonyl (C=O) groups is 3. The zero-order valence-corrected chi connectivity index (χ0v) is 17.0. The van der Waals surface area contributed by atoms with Gasteiger partial charge in [0.1, 0.15) is 11.3 Å². The summed E-state index contributed by atoms with van der Waals surface area (Å²) in [5.41, 5.74) is 8.57. The molecular formula is C25H21N3O4. The number of nitrogens with one attached hydrogen (secondary N) is 2. The lowest BCUT2D eigenvalue weighted by atomic mass is 10.0. The summed E-state index contributed by atoms with van der Waals surface area (Å²) in [5.74, 6) is -2.03. The molecule has 0 saturated carbocycles. The Hall–Kier alpha value is -4.39. The molecule has 0 spiro atoms. The Morgan fingerprint density at radius 3 is 2.09 bits per heavy atom. The van der Waals surface area contributed by atoms with E-state index in [-0.39, 0.29) is 11.3 Å². The first-order chi connectivity index (χ1) is 15.4. The van der Waals surface area contributed by atoms with Crippen LogP contribution >= 0.6 is 0 Å². The Morgan fingerprint density at radius 1 is 0.906 bits per heavy atom. The minimum atomic E-state index is -0.672. The molecule has 1 aliphatic heterocycles. The Bertz CT molecular complexity index is 1200. The lowest BCUT2D eigenvalue weighted by Crippen LogP contribution is -2.31. The van der Waals surface area contributed by atoms with E-state index in [1.54, 1.807) is 48.5 Å². The monoisotopic (exact) mass is 427 g/mol. The lowest BCUT2D eigenvalue weighted by molar-refractivity contribution is -0.120. The summed E-state index contributed by atoms with van der Waals surface area (Å²) in [6.07, 6.45) is 0.387. The third-order valence-corrected chi connectivity index (χ3v) is 5.27. The third-order valence-electron chi connectivity index (χ3n) is 5.27. The van der Waals surface area contributed by atoms with Crippen molar-refractivity contribution in [2.24, 2.45) is 5.73 Å². The summed E-state index contributed by atoms with van der Waals surface area (Å²) in [6, 6.07) is 22.6. The normalized spacial score (nSPS) is 15.4. The number of hydrogen-bond acceptors (Lipinski definition) is 4. The van der Waals surface area contributed by atoms with E-state index in [2.05, 4.69) is 10.6 Å². The Balaban J connectivity index is 1.46. The zero-order chi connectivity index (χ0) is 22.7. The van der Waals surface area contributed by atoms with Crippen LogP contribution in [-0.4, -0.2) is 28.9 Å². The van der Waals surface area contributed by atoms with Crippen LogP contribution in [0, 0.1) is 0 Å². The van der Waals surface area contributed by atoms with Crippen molar-refractivity contribution < 1.29 is 19.5 Å². The molecule has 4 rings (SSSR count). The van der Waals surface area contributed by atoms with E-state index in [4.69, 9.17) is 5.73 Å². The second-order valence-corrected chi connectivity index (χ2v) is 7.45. The largest absolute Gasteiger partial charge is 0.509 e. The second-order valence-electron chi connectivity index (χ2n) is 7.45. The van der Waals surface area contributed by atoms with E-state index < -0.39 is 23.8 Å². The molecule has 7 heteroatoms. The molecule has 3 aromatic carbocycles. The van der Waals surface area contributed by atoms with Gasteiger partial charge in [-0.25, -0.2) is 0 Å². The van der Waals surface area contributed by atoms with Crippen molar-refractivity contribution in [3.05, 3.63) is 101 Å². The number of aliphatic hydroxyl groups is 1. The van der Waals surface area contributed by atoms with Gasteiger partial charge in [0.05, 0.1) is 6.04 Å². The van der Waals surface area contributed by atoms with Gasteiger partial charge in [0, 0.05) is 11.3 Å². The van der Waals surface area contributed by atoms with Crippen LogP contribution in [0.2, 0.25) is 0 Å². The van der Waals surface area contributed by atoms with Gasteiger partial charge in [0.2, 0.25) is 5.91 Å². The van der Waals surface area contributed by atoms with Crippen LogP contribution in [0.15, 0.2) is 90.2 Å². The fourth-order valence-corrected chi connectivity index (χ4v) is 3.57. The molecule has 3 aromatic rings. The highest BCUT2D eigenvalue weighted by Gasteiger charge is 2.36. The average Bonchev–Trinajstić information content (AvgIpc) is 3.07. The average molecular weight is 427 g/mol. The van der Waals surface area contributed by atoms with Gasteiger partial charge in [0.25, 0.3) is 11.8 Å². The Labute approximate surface area is 184 Å². The van der Waals surface area contributed by atoms with Crippen LogP contribution < -0.4 is 16.4 Å². The van der Waals surface area contributed by atoms with E-state index in [1.807, 2.05) is 30.3 Å². The third kappa shape index (κ3) is 4.37. The van der Waals surface area contributed by atoms with E-state index in [9.17, 15) is 19.5 Å². The number of primary amides is 1. The van der Waals surface area contributed by atoms with E-state index in [0.29, 0.717) is 17.7 Å². The van der Waals surface area contributed by atoms with Crippen LogP contribution in [0.25, 0.3) is 11.1 Å². The maximum Gasteiger partial charge on any atom is 0.264 e. The molecule has 0 fully saturated rings. The van der Waals surface area contributed by atoms with Crippen LogP contribution in [0.3, 0.4) is 0 Å². The highest BCUT2D eigenvalue weighted by molar-refractivity contribution is 6.24. The summed E-state index contributed by atoms with van der Waals surface area (Å²) in [6.45, 7) is 0. The highest BCUT2D eigenvalue weighted by atomic mass is 16.3. The molecule has 0 bridgehead atoms. The van der Waals surface area contributed by atoms with Crippen molar-refractivity contribution in [1.29, 1.82) is 0 Å². The number of rotatable bonds is 6. The fraction of sp³-hybridized carbons (Fsp3) is 0.0800. The maximum absolute atomic E-state index is 12.7. The van der Waals surface area contributed by atoms with Crippen molar-refractivity contribution in [3.63, 3.8) is 0 Å². The molecule has 0 aliphatic carbocycles. The fourth-order valence-electron chi connectivity index (χ4n) is 3.57. The van der Waals surface area contributed by atoms with Crippen LogP contribution in [0.1, 0.15) is 15.9 Å². The summed E-state index contributed by atoms with van der Waals surface area (Å²) in [5, 5.41) is 15.8. The standard InChI is InChI=1S/C25H21N3O4/c26-23(30)18-8-6-16(7-9-18)17-10-12-19(13-11-17)27-24(31)21-22(29)20(28-25(21)32)14-15-4-2-1-3-5-15/h1-13,20,29H,14H2,(H2,26,30)(H,27,31)(H,28,32). The van der Waals surface area contributed by atoms with Gasteiger partial charge in [-0.2, -0.15) is 0 Å². The molecule has 32 heavy (non-hydrogen) atoms. The van der Waals surface area contributed by atoms with Gasteiger partial charge in [-0.3, -0.25) is 14.4 Å².